The number of carbonyl (C=O) groups is 1. The molecule has 6 heteroatoms. The van der Waals surface area contributed by atoms with E-state index >= 15 is 0 Å². The van der Waals surface area contributed by atoms with E-state index in [-0.39, 0.29) is 23.5 Å². The first-order chi connectivity index (χ1) is 13.3. The van der Waals surface area contributed by atoms with Crippen LogP contribution >= 0.6 is 0 Å². The van der Waals surface area contributed by atoms with Crippen LogP contribution in [0.5, 0.6) is 5.75 Å². The number of carbonyl (C=O) groups excluding carboxylic acids is 1. The summed E-state index contributed by atoms with van der Waals surface area (Å²) in [5.41, 5.74) is 3.07. The Balaban J connectivity index is 1.82. The molecule has 0 N–H and O–H groups in total. The Labute approximate surface area is 167 Å². The maximum Gasteiger partial charge on any atom is 0.263 e. The summed E-state index contributed by atoms with van der Waals surface area (Å²) < 4.78 is 30.0. The number of hydrogen-bond acceptors (Lipinski definition) is 4. The molecule has 1 aliphatic rings. The first kappa shape index (κ1) is 20.4. The van der Waals surface area contributed by atoms with Gasteiger partial charge >= 0.3 is 0 Å². The molecule has 2 atom stereocenters. The Morgan fingerprint density at radius 2 is 1.86 bits per heavy atom. The summed E-state index contributed by atoms with van der Waals surface area (Å²) in [4.78, 5) is 14.9. The summed E-state index contributed by atoms with van der Waals surface area (Å²) in [5, 5.41) is 0. The molecule has 2 aromatic carbocycles. The van der Waals surface area contributed by atoms with Crippen LogP contribution in [0.4, 0.5) is 0 Å². The van der Waals surface area contributed by atoms with E-state index < -0.39 is 15.9 Å². The van der Waals surface area contributed by atoms with E-state index in [4.69, 9.17) is 4.74 Å². The van der Waals surface area contributed by atoms with Crippen molar-refractivity contribution >= 4 is 15.7 Å². The molecule has 0 bridgehead atoms. The number of rotatable bonds is 6. The highest BCUT2D eigenvalue weighted by atomic mass is 32.2. The van der Waals surface area contributed by atoms with Crippen LogP contribution in [0.3, 0.4) is 0 Å². The van der Waals surface area contributed by atoms with Gasteiger partial charge in [-0.25, -0.2) is 8.42 Å². The predicted molar refractivity (Wildman–Crippen MR) is 110 cm³/mol. The summed E-state index contributed by atoms with van der Waals surface area (Å²) in [5.74, 6) is 0.635. The topological polar surface area (TPSA) is 63.7 Å². The third-order valence-electron chi connectivity index (χ3n) is 5.33. The minimum Gasteiger partial charge on any atom is -0.481 e. The number of hydrogen-bond donors (Lipinski definition) is 0. The molecule has 28 heavy (non-hydrogen) atoms. The van der Waals surface area contributed by atoms with Crippen LogP contribution in [0.1, 0.15) is 30.0 Å². The minimum absolute atomic E-state index is 0.0156. The van der Waals surface area contributed by atoms with Gasteiger partial charge in [-0.15, -0.1) is 0 Å². The van der Waals surface area contributed by atoms with E-state index in [2.05, 4.69) is 0 Å². The highest BCUT2D eigenvalue weighted by Crippen LogP contribution is 2.25. The first-order valence-corrected chi connectivity index (χ1v) is 11.4. The molecular formula is C22H27NO4S. The summed E-state index contributed by atoms with van der Waals surface area (Å²) in [6.07, 6.45) is -0.232. The molecule has 0 aromatic heterocycles. The van der Waals surface area contributed by atoms with Gasteiger partial charge in [0.15, 0.2) is 15.9 Å². The van der Waals surface area contributed by atoms with Crippen LogP contribution in [-0.2, 0) is 21.2 Å². The second-order valence-electron chi connectivity index (χ2n) is 7.47. The van der Waals surface area contributed by atoms with E-state index in [1.165, 1.54) is 0 Å². The minimum atomic E-state index is -3.10. The molecule has 0 aliphatic carbocycles. The first-order valence-electron chi connectivity index (χ1n) is 9.54. The molecule has 0 spiro atoms. The maximum absolute atomic E-state index is 13.3. The van der Waals surface area contributed by atoms with Crippen molar-refractivity contribution in [3.05, 3.63) is 65.2 Å². The third kappa shape index (κ3) is 4.73. The van der Waals surface area contributed by atoms with Crippen molar-refractivity contribution in [3.63, 3.8) is 0 Å². The predicted octanol–water partition coefficient (Wildman–Crippen LogP) is 3.29. The van der Waals surface area contributed by atoms with E-state index in [0.717, 1.165) is 16.7 Å². The Morgan fingerprint density at radius 3 is 2.50 bits per heavy atom. The van der Waals surface area contributed by atoms with Gasteiger partial charge in [0.05, 0.1) is 11.5 Å². The number of benzene rings is 2. The van der Waals surface area contributed by atoms with Crippen LogP contribution < -0.4 is 4.74 Å². The van der Waals surface area contributed by atoms with Gasteiger partial charge in [0.25, 0.3) is 5.91 Å². The highest BCUT2D eigenvalue weighted by molar-refractivity contribution is 7.91. The van der Waals surface area contributed by atoms with Gasteiger partial charge in [0.2, 0.25) is 0 Å². The molecule has 0 saturated carbocycles. The smallest absolute Gasteiger partial charge is 0.263 e. The molecule has 1 heterocycles. The van der Waals surface area contributed by atoms with E-state index in [1.807, 2.05) is 62.4 Å². The molecule has 2 aromatic rings. The normalized spacial score (nSPS) is 19.2. The second kappa shape index (κ2) is 8.35. The fourth-order valence-corrected chi connectivity index (χ4v) is 5.25. The van der Waals surface area contributed by atoms with E-state index in [0.29, 0.717) is 18.7 Å². The SMILES string of the molecule is Cc1cccc(O[C@H](C)C(=O)N(Cc2ccccc2)[C@H]2CCS(=O)(=O)C2)c1C. The summed E-state index contributed by atoms with van der Waals surface area (Å²) in [7, 11) is -3.10. The van der Waals surface area contributed by atoms with Gasteiger partial charge in [-0.3, -0.25) is 4.79 Å². The number of aryl methyl sites for hydroxylation is 1. The molecule has 0 unspecified atom stereocenters. The van der Waals surface area contributed by atoms with Gasteiger partial charge in [-0.2, -0.15) is 0 Å². The Hall–Kier alpha value is -2.34. The molecule has 5 nitrogen and oxygen atoms in total. The van der Waals surface area contributed by atoms with Gasteiger partial charge in [0.1, 0.15) is 5.75 Å². The Kier molecular flexibility index (Phi) is 6.08. The molecule has 1 saturated heterocycles. The maximum atomic E-state index is 13.3. The number of nitrogens with zero attached hydrogens (tertiary/aromatic N) is 1. The van der Waals surface area contributed by atoms with Gasteiger partial charge in [-0.05, 0) is 49.9 Å². The summed E-state index contributed by atoms with van der Waals surface area (Å²) in [6, 6.07) is 15.1. The summed E-state index contributed by atoms with van der Waals surface area (Å²) >= 11 is 0. The van der Waals surface area contributed by atoms with Crippen molar-refractivity contribution < 1.29 is 17.9 Å². The van der Waals surface area contributed by atoms with Crippen LogP contribution in [0, 0.1) is 13.8 Å². The second-order valence-corrected chi connectivity index (χ2v) is 9.70. The van der Waals surface area contributed by atoms with Crippen molar-refractivity contribution in [1.29, 1.82) is 0 Å². The lowest BCUT2D eigenvalue weighted by Crippen LogP contribution is -2.46. The van der Waals surface area contributed by atoms with E-state index in [1.54, 1.807) is 11.8 Å². The Morgan fingerprint density at radius 1 is 1.14 bits per heavy atom. The lowest BCUT2D eigenvalue weighted by Gasteiger charge is -2.31. The fourth-order valence-electron chi connectivity index (χ4n) is 3.51. The monoisotopic (exact) mass is 401 g/mol. The number of ether oxygens (including phenoxy) is 1. The lowest BCUT2D eigenvalue weighted by molar-refractivity contribution is -0.140. The van der Waals surface area contributed by atoms with Crippen molar-refractivity contribution in [3.8, 4) is 5.75 Å². The summed E-state index contributed by atoms with van der Waals surface area (Å²) in [6.45, 7) is 6.07. The average Bonchev–Trinajstić information content (AvgIpc) is 3.03. The van der Waals surface area contributed by atoms with Crippen LogP contribution in [-0.4, -0.2) is 42.9 Å². The molecule has 0 radical (unpaired) electrons. The Bertz CT molecular complexity index is 940. The molecule has 150 valence electrons. The van der Waals surface area contributed by atoms with Crippen molar-refractivity contribution in [2.75, 3.05) is 11.5 Å². The molecule has 3 rings (SSSR count). The fraction of sp³-hybridized carbons (Fsp3) is 0.409. The van der Waals surface area contributed by atoms with Crippen LogP contribution in [0.15, 0.2) is 48.5 Å². The van der Waals surface area contributed by atoms with Crippen molar-refractivity contribution in [2.24, 2.45) is 0 Å². The molecular weight excluding hydrogens is 374 g/mol. The highest BCUT2D eigenvalue weighted by Gasteiger charge is 2.36. The third-order valence-corrected chi connectivity index (χ3v) is 7.08. The van der Waals surface area contributed by atoms with Gasteiger partial charge in [-0.1, -0.05) is 42.5 Å². The van der Waals surface area contributed by atoms with Crippen molar-refractivity contribution in [2.45, 2.75) is 45.9 Å². The van der Waals surface area contributed by atoms with Gasteiger partial charge in [0, 0.05) is 12.6 Å². The molecule has 1 fully saturated rings. The largest absolute Gasteiger partial charge is 0.481 e. The molecule has 1 amide bonds. The van der Waals surface area contributed by atoms with E-state index in [9.17, 15) is 13.2 Å². The number of amides is 1. The average molecular weight is 402 g/mol. The van der Waals surface area contributed by atoms with Crippen LogP contribution in [0.25, 0.3) is 0 Å². The molecule has 1 aliphatic heterocycles. The van der Waals surface area contributed by atoms with Crippen molar-refractivity contribution in [1.82, 2.24) is 4.90 Å². The number of sulfone groups is 1. The zero-order chi connectivity index (χ0) is 20.3. The zero-order valence-corrected chi connectivity index (χ0v) is 17.4. The lowest BCUT2D eigenvalue weighted by atomic mass is 10.1. The van der Waals surface area contributed by atoms with Crippen LogP contribution in [0.2, 0.25) is 0 Å². The quantitative estimate of drug-likeness (QED) is 0.745. The zero-order valence-electron chi connectivity index (χ0n) is 16.6. The standard InChI is InChI=1S/C22H27NO4S/c1-16-8-7-11-21(17(16)2)27-18(3)22(24)23(14-19-9-5-4-6-10-19)20-12-13-28(25,26)15-20/h4-11,18,20H,12-15H2,1-3H3/t18-,20+/m1/s1. The van der Waals surface area contributed by atoms with Gasteiger partial charge < -0.3 is 9.64 Å².